The minimum atomic E-state index is -0.132. The summed E-state index contributed by atoms with van der Waals surface area (Å²) in [5, 5.41) is 16.9. The number of nitrogens with one attached hydrogen (secondary N) is 1. The second-order valence-electron chi connectivity index (χ2n) is 6.47. The number of rotatable bonds is 6. The molecule has 6 heteroatoms. The van der Waals surface area contributed by atoms with Crippen LogP contribution in [0.4, 0.5) is 5.69 Å². The van der Waals surface area contributed by atoms with Crippen LogP contribution in [0.15, 0.2) is 28.8 Å². The average Bonchev–Trinajstić information content (AvgIpc) is 3.01. The van der Waals surface area contributed by atoms with E-state index in [4.69, 9.17) is 4.52 Å². The van der Waals surface area contributed by atoms with Crippen LogP contribution >= 0.6 is 0 Å². The minimum absolute atomic E-state index is 0.132. The van der Waals surface area contributed by atoms with E-state index in [0.29, 0.717) is 11.7 Å². The largest absolute Gasteiger partial charge is 0.393 e. The molecule has 1 aliphatic rings. The van der Waals surface area contributed by atoms with Crippen molar-refractivity contribution in [1.82, 2.24) is 15.5 Å². The molecule has 6 nitrogen and oxygen atoms in total. The van der Waals surface area contributed by atoms with Gasteiger partial charge in [0.05, 0.1) is 6.10 Å². The van der Waals surface area contributed by atoms with Gasteiger partial charge in [0.2, 0.25) is 5.89 Å². The molecule has 2 aromatic rings. The summed E-state index contributed by atoms with van der Waals surface area (Å²) in [6.07, 6.45) is 2.32. The van der Waals surface area contributed by atoms with Gasteiger partial charge in [-0.3, -0.25) is 0 Å². The number of hydrogen-bond acceptors (Lipinski definition) is 6. The van der Waals surface area contributed by atoms with Crippen molar-refractivity contribution < 1.29 is 9.63 Å². The number of nitrogens with zero attached hydrogens (tertiary/aromatic N) is 3. The van der Waals surface area contributed by atoms with Crippen molar-refractivity contribution >= 4 is 5.69 Å². The molecule has 1 atom stereocenters. The molecule has 1 saturated heterocycles. The highest BCUT2D eigenvalue weighted by molar-refractivity contribution is 5.48. The summed E-state index contributed by atoms with van der Waals surface area (Å²) in [6.45, 7) is 6.64. The Morgan fingerprint density at radius 2 is 2.00 bits per heavy atom. The first-order chi connectivity index (χ1) is 11.6. The molecule has 1 unspecified atom stereocenters. The Kier molecular flexibility index (Phi) is 5.48. The molecule has 1 aromatic carbocycles. The predicted octanol–water partition coefficient (Wildman–Crippen LogP) is 2.23. The van der Waals surface area contributed by atoms with E-state index in [-0.39, 0.29) is 12.1 Å². The lowest BCUT2D eigenvalue weighted by Gasteiger charge is -2.31. The van der Waals surface area contributed by atoms with E-state index < -0.39 is 0 Å². The molecule has 1 aliphatic heterocycles. The molecule has 2 N–H and O–H groups in total. The third-order valence-electron chi connectivity index (χ3n) is 4.58. The number of anilines is 1. The summed E-state index contributed by atoms with van der Waals surface area (Å²) in [5.74, 6) is 1.36. The van der Waals surface area contributed by atoms with Crippen LogP contribution in [-0.4, -0.2) is 41.0 Å². The molecule has 130 valence electrons. The first-order valence-electron chi connectivity index (χ1n) is 8.67. The van der Waals surface area contributed by atoms with Crippen molar-refractivity contribution in [1.29, 1.82) is 0 Å². The fraction of sp³-hybridized carbons (Fsp3) is 0.556. The van der Waals surface area contributed by atoms with Crippen LogP contribution in [0.1, 0.15) is 43.1 Å². The van der Waals surface area contributed by atoms with Gasteiger partial charge in [-0.2, -0.15) is 4.98 Å². The molecule has 3 rings (SSSR count). The summed E-state index contributed by atoms with van der Waals surface area (Å²) in [7, 11) is 0. The highest BCUT2D eigenvalue weighted by Gasteiger charge is 2.17. The fourth-order valence-electron chi connectivity index (χ4n) is 3.05. The number of aromatic nitrogens is 2. The Bertz CT molecular complexity index is 633. The number of benzene rings is 1. The smallest absolute Gasteiger partial charge is 0.227 e. The third kappa shape index (κ3) is 4.33. The van der Waals surface area contributed by atoms with Gasteiger partial charge in [0.1, 0.15) is 0 Å². The predicted molar refractivity (Wildman–Crippen MR) is 93.1 cm³/mol. The van der Waals surface area contributed by atoms with Crippen molar-refractivity contribution in [2.75, 3.05) is 24.5 Å². The van der Waals surface area contributed by atoms with E-state index in [2.05, 4.69) is 51.5 Å². The number of aryl methyl sites for hydroxylation is 1. The summed E-state index contributed by atoms with van der Waals surface area (Å²) < 4.78 is 5.12. The number of aliphatic hydroxyl groups is 1. The van der Waals surface area contributed by atoms with E-state index in [9.17, 15) is 5.11 Å². The molecule has 1 aromatic heterocycles. The zero-order valence-electron chi connectivity index (χ0n) is 14.4. The van der Waals surface area contributed by atoms with E-state index in [1.54, 1.807) is 0 Å². The van der Waals surface area contributed by atoms with Crippen molar-refractivity contribution in [2.45, 2.75) is 45.3 Å². The fourth-order valence-corrected chi connectivity index (χ4v) is 3.05. The highest BCUT2D eigenvalue weighted by Crippen LogP contribution is 2.22. The molecule has 24 heavy (non-hydrogen) atoms. The second-order valence-corrected chi connectivity index (χ2v) is 6.47. The Morgan fingerprint density at radius 1 is 1.29 bits per heavy atom. The molecule has 0 aliphatic carbocycles. The van der Waals surface area contributed by atoms with Crippen LogP contribution in [0, 0.1) is 6.92 Å². The van der Waals surface area contributed by atoms with Gasteiger partial charge in [-0.05, 0) is 44.4 Å². The lowest BCUT2D eigenvalue weighted by atomic mass is 10.0. The van der Waals surface area contributed by atoms with Crippen LogP contribution in [0.5, 0.6) is 0 Å². The average molecular weight is 330 g/mol. The Morgan fingerprint density at radius 3 is 2.62 bits per heavy atom. The van der Waals surface area contributed by atoms with Crippen LogP contribution in [-0.2, 0) is 6.42 Å². The first-order valence-corrected chi connectivity index (χ1v) is 8.67. The van der Waals surface area contributed by atoms with Crippen LogP contribution in [0.3, 0.4) is 0 Å². The molecule has 0 saturated carbocycles. The molecule has 0 bridgehead atoms. The lowest BCUT2D eigenvalue weighted by Crippen LogP contribution is -2.35. The van der Waals surface area contributed by atoms with Gasteiger partial charge in [-0.15, -0.1) is 0 Å². The maximum Gasteiger partial charge on any atom is 0.227 e. The number of aliphatic hydroxyl groups excluding tert-OH is 1. The van der Waals surface area contributed by atoms with E-state index in [1.807, 2.05) is 6.92 Å². The molecule has 2 heterocycles. The number of hydrogen-bond donors (Lipinski definition) is 2. The number of piperidine rings is 1. The highest BCUT2D eigenvalue weighted by atomic mass is 16.5. The molecule has 1 fully saturated rings. The van der Waals surface area contributed by atoms with Gasteiger partial charge in [0.25, 0.3) is 0 Å². The minimum Gasteiger partial charge on any atom is -0.393 e. The molecule has 0 radical (unpaired) electrons. The second kappa shape index (κ2) is 7.77. The maximum atomic E-state index is 9.61. The molecular formula is C18H26N4O2. The summed E-state index contributed by atoms with van der Waals surface area (Å²) in [5.41, 5.74) is 2.50. The molecule has 0 amide bonds. The van der Waals surface area contributed by atoms with E-state index in [1.165, 1.54) is 11.3 Å². The quantitative estimate of drug-likeness (QED) is 0.846. The summed E-state index contributed by atoms with van der Waals surface area (Å²) in [4.78, 5) is 6.55. The standard InChI is InChI=1S/C18H26N4O2/c1-13(19-10-7-18-20-14(2)21-24-18)15-3-5-16(6-4-15)22-11-8-17(23)9-12-22/h3-6,13,17,19,23H,7-12H2,1-2H3. The van der Waals surface area contributed by atoms with Crippen molar-refractivity contribution in [2.24, 2.45) is 0 Å². The normalized spacial score (nSPS) is 17.2. The van der Waals surface area contributed by atoms with Gasteiger partial charge in [-0.1, -0.05) is 17.3 Å². The van der Waals surface area contributed by atoms with Crippen molar-refractivity contribution in [3.05, 3.63) is 41.5 Å². The van der Waals surface area contributed by atoms with Gasteiger partial charge in [0.15, 0.2) is 5.82 Å². The zero-order chi connectivity index (χ0) is 16.9. The van der Waals surface area contributed by atoms with Gasteiger partial charge < -0.3 is 19.8 Å². The third-order valence-corrected chi connectivity index (χ3v) is 4.58. The van der Waals surface area contributed by atoms with Crippen molar-refractivity contribution in [3.63, 3.8) is 0 Å². The SMILES string of the molecule is Cc1noc(CCNC(C)c2ccc(N3CCC(O)CC3)cc2)n1. The van der Waals surface area contributed by atoms with Gasteiger partial charge >= 0.3 is 0 Å². The summed E-state index contributed by atoms with van der Waals surface area (Å²) >= 11 is 0. The first kappa shape index (κ1) is 16.9. The summed E-state index contributed by atoms with van der Waals surface area (Å²) in [6, 6.07) is 8.97. The Labute approximate surface area is 142 Å². The van der Waals surface area contributed by atoms with Gasteiger partial charge in [0, 0.05) is 37.8 Å². The molecular weight excluding hydrogens is 304 g/mol. The monoisotopic (exact) mass is 330 g/mol. The topological polar surface area (TPSA) is 74.4 Å². The van der Waals surface area contributed by atoms with Crippen LogP contribution < -0.4 is 10.2 Å². The zero-order valence-corrected chi connectivity index (χ0v) is 14.4. The van der Waals surface area contributed by atoms with Crippen molar-refractivity contribution in [3.8, 4) is 0 Å². The van der Waals surface area contributed by atoms with Crippen LogP contribution in [0.25, 0.3) is 0 Å². The van der Waals surface area contributed by atoms with E-state index in [0.717, 1.165) is 38.9 Å². The van der Waals surface area contributed by atoms with Crippen LogP contribution in [0.2, 0.25) is 0 Å². The van der Waals surface area contributed by atoms with Gasteiger partial charge in [-0.25, -0.2) is 0 Å². The lowest BCUT2D eigenvalue weighted by molar-refractivity contribution is 0.145. The van der Waals surface area contributed by atoms with E-state index >= 15 is 0 Å². The molecule has 0 spiro atoms. The maximum absolute atomic E-state index is 9.61. The Hall–Kier alpha value is -1.92. The Balaban J connectivity index is 1.49.